The van der Waals surface area contributed by atoms with Gasteiger partial charge in [0.15, 0.2) is 12.6 Å². The Balaban J connectivity index is 1.44. The fraction of sp³-hybridized carbons (Fsp3) is 0.708. The number of carbonyl (C=O) groups excluding carboxylic acids is 1. The van der Waals surface area contributed by atoms with E-state index in [1.165, 1.54) is 83.0 Å². The number of nitrogens with zero attached hydrogens (tertiary/aromatic N) is 2. The lowest BCUT2D eigenvalue weighted by molar-refractivity contribution is -0.111. The number of rotatable bonds is 1. The van der Waals surface area contributed by atoms with Crippen LogP contribution in [0.1, 0.15) is 70.6 Å². The van der Waals surface area contributed by atoms with E-state index in [1.807, 2.05) is 0 Å². The van der Waals surface area contributed by atoms with Gasteiger partial charge in [-0.15, -0.1) is 0 Å². The van der Waals surface area contributed by atoms with E-state index in [0.29, 0.717) is 24.0 Å². The number of fused-ring (bicyclic) bond motifs is 3. The maximum Gasteiger partial charge on any atom is 0.267 e. The highest BCUT2D eigenvalue weighted by Gasteiger charge is 2.39. The molecule has 31 heavy (non-hydrogen) atoms. The molecule has 7 heteroatoms. The van der Waals surface area contributed by atoms with E-state index >= 15 is 0 Å². The van der Waals surface area contributed by atoms with E-state index in [4.69, 9.17) is 15.2 Å². The highest BCUT2D eigenvalue weighted by molar-refractivity contribution is 6.42. The first-order valence-electron chi connectivity index (χ1n) is 12.0. The van der Waals surface area contributed by atoms with E-state index in [1.54, 1.807) is 12.3 Å². The third kappa shape index (κ3) is 6.42. The minimum absolute atomic E-state index is 0.0202. The monoisotopic (exact) mass is 428 g/mol. The molecule has 2 aliphatic heterocycles. The lowest BCUT2D eigenvalue weighted by Gasteiger charge is -2.44. The van der Waals surface area contributed by atoms with Gasteiger partial charge in [0.2, 0.25) is 0 Å². The van der Waals surface area contributed by atoms with Gasteiger partial charge in [0.25, 0.3) is 5.91 Å². The van der Waals surface area contributed by atoms with Crippen LogP contribution in [0.4, 0.5) is 0 Å². The second kappa shape index (κ2) is 10.9. The number of piperidine rings is 1. The summed E-state index contributed by atoms with van der Waals surface area (Å²) in [5.41, 5.74) is 5.59. The van der Waals surface area contributed by atoms with Crippen LogP contribution in [0.25, 0.3) is 0 Å². The molecule has 1 amide bonds. The van der Waals surface area contributed by atoms with E-state index in [0.717, 1.165) is 12.3 Å². The van der Waals surface area contributed by atoms with Crippen molar-refractivity contribution < 1.29 is 14.3 Å². The van der Waals surface area contributed by atoms with Crippen molar-refractivity contribution in [3.8, 4) is 0 Å². The van der Waals surface area contributed by atoms with Crippen molar-refractivity contribution in [2.45, 2.75) is 89.0 Å². The van der Waals surface area contributed by atoms with Gasteiger partial charge < -0.3 is 15.2 Å². The van der Waals surface area contributed by atoms with Gasteiger partial charge in [-0.25, -0.2) is 9.98 Å². The Kier molecular flexibility index (Phi) is 7.78. The normalized spacial score (nSPS) is 36.7. The third-order valence-corrected chi connectivity index (χ3v) is 7.20. The van der Waals surface area contributed by atoms with Crippen LogP contribution in [0.2, 0.25) is 0 Å². The predicted molar refractivity (Wildman–Crippen MR) is 121 cm³/mol. The number of hydrogen-bond acceptors (Lipinski definition) is 6. The van der Waals surface area contributed by atoms with Crippen molar-refractivity contribution in [2.75, 3.05) is 0 Å². The topological polar surface area (TPSA) is 98.3 Å². The second-order valence-corrected chi connectivity index (χ2v) is 9.41. The quantitative estimate of drug-likeness (QED) is 0.663. The summed E-state index contributed by atoms with van der Waals surface area (Å²) < 4.78 is 11.8. The standard InChI is InChI=1S/C24H36N4O3/c25-23(29)21-10-13-30-24-19(14-17-6-4-5-9-20(17)28-24)8-3-1-2-7-18-15-22(18)31-16-26-11-12-27-21/h10-13,16-20,22,24,28H,1-9,14-15H2,(H2,25,29). The Labute approximate surface area is 185 Å². The van der Waals surface area contributed by atoms with Crippen LogP contribution >= 0.6 is 0 Å². The van der Waals surface area contributed by atoms with Crippen molar-refractivity contribution >= 4 is 18.0 Å². The summed E-state index contributed by atoms with van der Waals surface area (Å²) in [4.78, 5) is 19.9. The summed E-state index contributed by atoms with van der Waals surface area (Å²) in [6, 6.07) is 0.543. The third-order valence-electron chi connectivity index (χ3n) is 7.20. The maximum absolute atomic E-state index is 11.7. The van der Waals surface area contributed by atoms with E-state index < -0.39 is 5.91 Å². The smallest absolute Gasteiger partial charge is 0.267 e. The van der Waals surface area contributed by atoms with Gasteiger partial charge in [-0.05, 0) is 50.4 Å². The summed E-state index contributed by atoms with van der Waals surface area (Å²) >= 11 is 0. The molecular formula is C24H36N4O3. The first-order chi connectivity index (χ1) is 15.2. The van der Waals surface area contributed by atoms with Gasteiger partial charge in [0.05, 0.1) is 6.26 Å². The molecule has 2 heterocycles. The molecule has 7 nitrogen and oxygen atoms in total. The van der Waals surface area contributed by atoms with Gasteiger partial charge in [-0.2, -0.15) is 0 Å². The summed E-state index contributed by atoms with van der Waals surface area (Å²) in [5, 5.41) is 3.76. The molecule has 6 atom stereocenters. The highest BCUT2D eigenvalue weighted by Crippen LogP contribution is 2.39. The zero-order valence-corrected chi connectivity index (χ0v) is 18.3. The van der Waals surface area contributed by atoms with Gasteiger partial charge in [-0.1, -0.05) is 32.1 Å². The molecule has 0 bridgehead atoms. The molecule has 4 aliphatic rings. The molecule has 6 unspecified atom stereocenters. The predicted octanol–water partition coefficient (Wildman–Crippen LogP) is 3.81. The van der Waals surface area contributed by atoms with E-state index in [2.05, 4.69) is 15.3 Å². The fourth-order valence-corrected chi connectivity index (χ4v) is 5.35. The van der Waals surface area contributed by atoms with Crippen LogP contribution in [0.3, 0.4) is 0 Å². The summed E-state index contributed by atoms with van der Waals surface area (Å²) in [6.45, 7) is 0. The molecule has 0 aromatic rings. The van der Waals surface area contributed by atoms with Gasteiger partial charge in [-0.3, -0.25) is 10.1 Å². The van der Waals surface area contributed by atoms with Gasteiger partial charge in [0, 0.05) is 30.4 Å². The first kappa shape index (κ1) is 22.1. The zero-order chi connectivity index (χ0) is 21.5. The van der Waals surface area contributed by atoms with Crippen LogP contribution in [0.15, 0.2) is 34.7 Å². The van der Waals surface area contributed by atoms with Crippen molar-refractivity contribution in [1.29, 1.82) is 0 Å². The zero-order valence-electron chi connectivity index (χ0n) is 18.3. The molecular weight excluding hydrogens is 392 g/mol. The number of ether oxygens (including phenoxy) is 2. The average molecular weight is 429 g/mol. The summed E-state index contributed by atoms with van der Waals surface area (Å²) in [7, 11) is 0. The lowest BCUT2D eigenvalue weighted by atomic mass is 9.74. The van der Waals surface area contributed by atoms with Crippen molar-refractivity contribution in [2.24, 2.45) is 33.5 Å². The Morgan fingerprint density at radius 2 is 1.71 bits per heavy atom. The van der Waals surface area contributed by atoms with Crippen molar-refractivity contribution in [1.82, 2.24) is 5.32 Å². The van der Waals surface area contributed by atoms with Gasteiger partial charge >= 0.3 is 0 Å². The Hall–Kier alpha value is -2.15. The van der Waals surface area contributed by atoms with E-state index in [-0.39, 0.29) is 11.9 Å². The lowest BCUT2D eigenvalue weighted by Crippen LogP contribution is -2.53. The Morgan fingerprint density at radius 3 is 2.58 bits per heavy atom. The molecule has 1 saturated heterocycles. The van der Waals surface area contributed by atoms with Crippen LogP contribution in [-0.4, -0.2) is 36.4 Å². The first-order valence-corrected chi connectivity index (χ1v) is 12.0. The second-order valence-electron chi connectivity index (χ2n) is 9.41. The average Bonchev–Trinajstić information content (AvgIpc) is 3.51. The van der Waals surface area contributed by atoms with Crippen LogP contribution < -0.4 is 11.1 Å². The molecule has 0 aromatic carbocycles. The van der Waals surface area contributed by atoms with Crippen molar-refractivity contribution in [3.05, 3.63) is 24.7 Å². The number of primary amides is 1. The SMILES string of the molecule is NC(=O)C1=NC=CN=COC2CC2CCCCCC2CC3CCCCC3NC2OC=C1. The Bertz CT molecular complexity index is 732. The number of hydrogen-bond donors (Lipinski definition) is 2. The molecule has 3 N–H and O–H groups in total. The number of nitrogens with two attached hydrogens (primary N) is 1. The molecule has 0 spiro atoms. The molecule has 2 aliphatic carbocycles. The van der Waals surface area contributed by atoms with Crippen LogP contribution in [-0.2, 0) is 14.3 Å². The summed E-state index contributed by atoms with van der Waals surface area (Å²) in [6.07, 6.45) is 21.5. The number of amides is 1. The molecule has 2 saturated carbocycles. The molecule has 0 radical (unpaired) electrons. The fourth-order valence-electron chi connectivity index (χ4n) is 5.35. The molecule has 0 aromatic heterocycles. The van der Waals surface area contributed by atoms with Gasteiger partial charge in [0.1, 0.15) is 11.8 Å². The van der Waals surface area contributed by atoms with Crippen LogP contribution in [0.5, 0.6) is 0 Å². The minimum atomic E-state index is -0.600. The largest absolute Gasteiger partial charge is 0.483 e. The minimum Gasteiger partial charge on any atom is -0.483 e. The van der Waals surface area contributed by atoms with Crippen molar-refractivity contribution in [3.63, 3.8) is 0 Å². The number of carbonyl (C=O) groups is 1. The molecule has 4 rings (SSSR count). The molecule has 3 fully saturated rings. The number of nitrogens with one attached hydrogen (secondary N) is 1. The maximum atomic E-state index is 11.7. The number of aliphatic imine (C=N–C) groups is 2. The van der Waals surface area contributed by atoms with Crippen LogP contribution in [0, 0.1) is 17.8 Å². The Morgan fingerprint density at radius 1 is 0.935 bits per heavy atom. The van der Waals surface area contributed by atoms with E-state index in [9.17, 15) is 4.79 Å². The highest BCUT2D eigenvalue weighted by atomic mass is 16.5. The summed E-state index contributed by atoms with van der Waals surface area (Å²) in [5.74, 6) is 1.32. The molecule has 170 valence electrons.